The smallest absolute Gasteiger partial charge is 0.329 e. The van der Waals surface area contributed by atoms with Crippen LogP contribution in [0.4, 0.5) is 0 Å². The van der Waals surface area contributed by atoms with E-state index in [-0.39, 0.29) is 25.0 Å². The molecule has 2 aliphatic rings. The molecule has 2 aliphatic heterocycles. The zero-order valence-corrected chi connectivity index (χ0v) is 19.4. The van der Waals surface area contributed by atoms with Crippen LogP contribution in [0.15, 0.2) is 30.3 Å². The molecular weight excluding hydrogens is 426 g/mol. The van der Waals surface area contributed by atoms with E-state index in [1.54, 1.807) is 6.92 Å². The predicted molar refractivity (Wildman–Crippen MR) is 120 cm³/mol. The summed E-state index contributed by atoms with van der Waals surface area (Å²) in [6.45, 7) is 6.42. The molecule has 2 saturated heterocycles. The summed E-state index contributed by atoms with van der Waals surface area (Å²) in [7, 11) is 0. The van der Waals surface area contributed by atoms with E-state index in [9.17, 15) is 19.2 Å². The number of esters is 2. The van der Waals surface area contributed by atoms with E-state index in [1.165, 1.54) is 4.90 Å². The van der Waals surface area contributed by atoms with Crippen LogP contribution in [0.3, 0.4) is 0 Å². The predicted octanol–water partition coefficient (Wildman–Crippen LogP) is 1.16. The van der Waals surface area contributed by atoms with Crippen LogP contribution in [-0.2, 0) is 35.3 Å². The Kier molecular flexibility index (Phi) is 8.43. The number of nitrogens with one attached hydrogen (secondary N) is 2. The first-order valence-electron chi connectivity index (χ1n) is 11.6. The first-order valence-corrected chi connectivity index (χ1v) is 11.6. The van der Waals surface area contributed by atoms with Gasteiger partial charge in [-0.05, 0) is 37.7 Å². The van der Waals surface area contributed by atoms with Gasteiger partial charge in [0.2, 0.25) is 11.8 Å². The number of hydrogen-bond acceptors (Lipinski definition) is 7. The molecule has 2 N–H and O–H groups in total. The van der Waals surface area contributed by atoms with Gasteiger partial charge >= 0.3 is 11.9 Å². The van der Waals surface area contributed by atoms with Crippen molar-refractivity contribution in [2.24, 2.45) is 5.92 Å². The summed E-state index contributed by atoms with van der Waals surface area (Å²) < 4.78 is 10.4. The fourth-order valence-corrected chi connectivity index (χ4v) is 4.06. The summed E-state index contributed by atoms with van der Waals surface area (Å²) in [5, 5.41) is 5.57. The molecule has 2 amide bonds. The maximum absolute atomic E-state index is 13.4. The van der Waals surface area contributed by atoms with Crippen molar-refractivity contribution in [3.63, 3.8) is 0 Å². The summed E-state index contributed by atoms with van der Waals surface area (Å²) >= 11 is 0. The zero-order chi connectivity index (χ0) is 24.0. The normalized spacial score (nSPS) is 22.5. The van der Waals surface area contributed by atoms with E-state index in [0.717, 1.165) is 5.56 Å². The van der Waals surface area contributed by atoms with E-state index < -0.39 is 42.0 Å². The minimum Gasteiger partial charge on any atom is -0.465 e. The Bertz CT molecular complexity index is 859. The van der Waals surface area contributed by atoms with Gasteiger partial charge in [0.1, 0.15) is 30.8 Å². The minimum atomic E-state index is -0.787. The number of nitrogens with zero attached hydrogens (tertiary/aromatic N) is 1. The molecule has 0 bridgehead atoms. The van der Waals surface area contributed by atoms with Gasteiger partial charge in [-0.3, -0.25) is 19.7 Å². The van der Waals surface area contributed by atoms with Crippen molar-refractivity contribution in [2.45, 2.75) is 70.8 Å². The van der Waals surface area contributed by atoms with Crippen LogP contribution < -0.4 is 10.6 Å². The lowest BCUT2D eigenvalue weighted by atomic mass is 10.0. The van der Waals surface area contributed by atoms with Crippen molar-refractivity contribution in [1.29, 1.82) is 0 Å². The van der Waals surface area contributed by atoms with Gasteiger partial charge in [-0.25, -0.2) is 4.79 Å². The molecule has 9 heteroatoms. The number of rotatable bonds is 10. The van der Waals surface area contributed by atoms with Crippen LogP contribution >= 0.6 is 0 Å². The summed E-state index contributed by atoms with van der Waals surface area (Å²) in [6, 6.07) is 6.51. The first-order chi connectivity index (χ1) is 15.8. The maximum atomic E-state index is 13.4. The Hall–Kier alpha value is -2.94. The third-order valence-electron chi connectivity index (χ3n) is 5.76. The summed E-state index contributed by atoms with van der Waals surface area (Å²) in [5.74, 6) is -1.51. The van der Waals surface area contributed by atoms with Crippen LogP contribution in [-0.4, -0.2) is 66.0 Å². The molecule has 3 rings (SSSR count). The number of likely N-dealkylation sites (tertiary alicyclic amines) is 1. The highest BCUT2D eigenvalue weighted by atomic mass is 16.5. The first kappa shape index (κ1) is 24.7. The minimum absolute atomic E-state index is 0.137. The molecule has 2 fully saturated rings. The van der Waals surface area contributed by atoms with Crippen molar-refractivity contribution in [3.8, 4) is 0 Å². The molecule has 33 heavy (non-hydrogen) atoms. The van der Waals surface area contributed by atoms with Gasteiger partial charge in [-0.1, -0.05) is 44.2 Å². The third kappa shape index (κ3) is 6.54. The molecular formula is C24H33N3O6. The molecule has 0 unspecified atom stereocenters. The van der Waals surface area contributed by atoms with Gasteiger partial charge < -0.3 is 19.7 Å². The van der Waals surface area contributed by atoms with E-state index in [0.29, 0.717) is 25.8 Å². The van der Waals surface area contributed by atoms with Crippen molar-refractivity contribution >= 4 is 23.8 Å². The highest BCUT2D eigenvalue weighted by Gasteiger charge is 2.50. The fraction of sp³-hybridized carbons (Fsp3) is 0.583. The molecule has 0 saturated carbocycles. The van der Waals surface area contributed by atoms with Gasteiger partial charge in [-0.2, -0.15) is 0 Å². The van der Waals surface area contributed by atoms with E-state index in [4.69, 9.17) is 9.47 Å². The number of hydrogen-bond donors (Lipinski definition) is 2. The van der Waals surface area contributed by atoms with Crippen LogP contribution in [0.5, 0.6) is 0 Å². The third-order valence-corrected chi connectivity index (χ3v) is 5.76. The fourth-order valence-electron chi connectivity index (χ4n) is 4.06. The second-order valence-electron chi connectivity index (χ2n) is 8.85. The quantitative estimate of drug-likeness (QED) is 0.397. The van der Waals surface area contributed by atoms with Crippen molar-refractivity contribution < 1.29 is 28.7 Å². The Labute approximate surface area is 194 Å². The summed E-state index contributed by atoms with van der Waals surface area (Å²) in [5.41, 5.74) is 0.875. The molecule has 0 spiro atoms. The second kappa shape index (κ2) is 11.3. The summed E-state index contributed by atoms with van der Waals surface area (Å²) in [4.78, 5) is 52.1. The lowest BCUT2D eigenvalue weighted by Crippen LogP contribution is -2.53. The Balaban J connectivity index is 1.61. The molecule has 9 nitrogen and oxygen atoms in total. The molecule has 1 aromatic carbocycles. The molecule has 1 aromatic rings. The van der Waals surface area contributed by atoms with Gasteiger partial charge in [0.05, 0.1) is 6.61 Å². The highest BCUT2D eigenvalue weighted by molar-refractivity contribution is 5.98. The van der Waals surface area contributed by atoms with E-state index in [1.807, 2.05) is 44.2 Å². The van der Waals surface area contributed by atoms with Crippen LogP contribution in [0, 0.1) is 5.92 Å². The Morgan fingerprint density at radius 3 is 2.48 bits per heavy atom. The molecule has 2 heterocycles. The standard InChI is InChI=1S/C24H33N3O6/c1-4-32-24(31)20-19(26-20)21(28)25-17(13-15(2)3)22(29)27-12-8-11-18(27)23(30)33-14-16-9-6-5-7-10-16/h5-7,9-10,15,17-20,26H,4,8,11-14H2,1-3H3,(H,25,28)/t17-,18+,19-,20-/m1/s1. The van der Waals surface area contributed by atoms with E-state index >= 15 is 0 Å². The van der Waals surface area contributed by atoms with Crippen LogP contribution in [0.2, 0.25) is 0 Å². The SMILES string of the molecule is CCOC(=O)[C@@H]1N[C@H]1C(=O)N[C@H](CC(C)C)C(=O)N1CCC[C@H]1C(=O)OCc1ccccc1. The van der Waals surface area contributed by atoms with Crippen LogP contribution in [0.1, 0.15) is 45.6 Å². The van der Waals surface area contributed by atoms with Crippen molar-refractivity contribution in [1.82, 2.24) is 15.5 Å². The molecule has 0 aliphatic carbocycles. The lowest BCUT2D eigenvalue weighted by Gasteiger charge is -2.29. The van der Waals surface area contributed by atoms with E-state index in [2.05, 4.69) is 10.6 Å². The number of carbonyl (C=O) groups excluding carboxylic acids is 4. The zero-order valence-electron chi connectivity index (χ0n) is 19.4. The molecule has 0 radical (unpaired) electrons. The van der Waals surface area contributed by atoms with Crippen molar-refractivity contribution in [3.05, 3.63) is 35.9 Å². The van der Waals surface area contributed by atoms with Gasteiger partial charge in [0, 0.05) is 6.54 Å². The molecule has 180 valence electrons. The number of benzene rings is 1. The van der Waals surface area contributed by atoms with Crippen LogP contribution in [0.25, 0.3) is 0 Å². The van der Waals surface area contributed by atoms with Gasteiger partial charge in [-0.15, -0.1) is 0 Å². The largest absolute Gasteiger partial charge is 0.465 e. The monoisotopic (exact) mass is 459 g/mol. The van der Waals surface area contributed by atoms with Gasteiger partial charge in [0.15, 0.2) is 0 Å². The topological polar surface area (TPSA) is 124 Å². The average molecular weight is 460 g/mol. The lowest BCUT2D eigenvalue weighted by molar-refractivity contribution is -0.155. The number of ether oxygens (including phenoxy) is 2. The second-order valence-corrected chi connectivity index (χ2v) is 8.85. The van der Waals surface area contributed by atoms with Crippen molar-refractivity contribution in [2.75, 3.05) is 13.2 Å². The number of amides is 2. The maximum Gasteiger partial charge on any atom is 0.329 e. The Morgan fingerprint density at radius 2 is 1.82 bits per heavy atom. The van der Waals surface area contributed by atoms with Gasteiger partial charge in [0.25, 0.3) is 0 Å². The molecule has 4 atom stereocenters. The molecule has 0 aromatic heterocycles. The Morgan fingerprint density at radius 1 is 1.09 bits per heavy atom. The summed E-state index contributed by atoms with van der Waals surface area (Å²) in [6.07, 6.45) is 1.63. The number of carbonyl (C=O) groups is 4. The highest BCUT2D eigenvalue weighted by Crippen LogP contribution is 2.22. The average Bonchev–Trinajstić information content (AvgIpc) is 3.46.